The van der Waals surface area contributed by atoms with E-state index in [4.69, 9.17) is 21.3 Å². The Morgan fingerprint density at radius 3 is 2.37 bits per heavy atom. The number of allylic oxidation sites excluding steroid dienone is 1. The molecule has 2 aromatic carbocycles. The standard InChI is InChI=1S/C27H28ClN3O3S/c1-5-30(6-2)26(33)23-17(4)29-27-31(24(23)19-10-12-20(28)13-11-19)25(32)22(35-27)16-18-8-14-21(15-9-18)34-7-3/h8-16,24H,5-7H2,1-4H3/b22-16+/t24-/m0/s1. The number of aromatic nitrogens is 1. The van der Waals surface area contributed by atoms with Gasteiger partial charge in [0, 0.05) is 18.1 Å². The van der Waals surface area contributed by atoms with Crippen LogP contribution < -0.4 is 19.6 Å². The number of benzene rings is 2. The SMILES string of the molecule is CCOc1ccc(/C=c2/sc3n(c2=O)[C@@H](c2ccc(Cl)cc2)C(C(=O)N(CC)CC)=C(C)N=3)cc1. The van der Waals surface area contributed by atoms with Crippen LogP contribution in [-0.4, -0.2) is 35.1 Å². The number of nitrogens with zero attached hydrogens (tertiary/aromatic N) is 3. The first-order valence-corrected chi connectivity index (χ1v) is 12.9. The first-order chi connectivity index (χ1) is 16.9. The lowest BCUT2D eigenvalue weighted by Gasteiger charge is -2.29. The molecule has 1 aliphatic heterocycles. The second-order valence-corrected chi connectivity index (χ2v) is 9.56. The van der Waals surface area contributed by atoms with E-state index in [1.165, 1.54) is 11.3 Å². The van der Waals surface area contributed by atoms with Crippen LogP contribution in [0.2, 0.25) is 5.02 Å². The molecular weight excluding hydrogens is 482 g/mol. The number of amides is 1. The predicted molar refractivity (Wildman–Crippen MR) is 141 cm³/mol. The molecule has 0 N–H and O–H groups in total. The summed E-state index contributed by atoms with van der Waals surface area (Å²) in [6.07, 6.45) is 1.85. The zero-order valence-corrected chi connectivity index (χ0v) is 21.8. The van der Waals surface area contributed by atoms with Crippen molar-refractivity contribution in [3.8, 4) is 5.75 Å². The smallest absolute Gasteiger partial charge is 0.271 e. The number of ether oxygens (including phenoxy) is 1. The van der Waals surface area contributed by atoms with Crippen LogP contribution in [0.4, 0.5) is 0 Å². The Labute approximate surface area is 213 Å². The van der Waals surface area contributed by atoms with E-state index < -0.39 is 6.04 Å². The number of carbonyl (C=O) groups is 1. The molecular formula is C27H28ClN3O3S. The summed E-state index contributed by atoms with van der Waals surface area (Å²) in [7, 11) is 0. The molecule has 182 valence electrons. The number of rotatable bonds is 7. The lowest BCUT2D eigenvalue weighted by Crippen LogP contribution is -2.43. The molecule has 0 spiro atoms. The molecule has 3 aromatic rings. The predicted octanol–water partition coefficient (Wildman–Crippen LogP) is 4.16. The van der Waals surface area contributed by atoms with Crippen molar-refractivity contribution in [2.75, 3.05) is 19.7 Å². The summed E-state index contributed by atoms with van der Waals surface area (Å²) in [6.45, 7) is 9.40. The van der Waals surface area contributed by atoms with E-state index in [1.807, 2.05) is 70.2 Å². The maximum atomic E-state index is 13.7. The van der Waals surface area contributed by atoms with E-state index in [1.54, 1.807) is 21.6 Å². The molecule has 0 saturated carbocycles. The molecule has 0 bridgehead atoms. The van der Waals surface area contributed by atoms with Gasteiger partial charge in [0.1, 0.15) is 5.75 Å². The third-order valence-electron chi connectivity index (χ3n) is 5.98. The van der Waals surface area contributed by atoms with Gasteiger partial charge in [-0.15, -0.1) is 0 Å². The van der Waals surface area contributed by atoms with E-state index in [2.05, 4.69) is 0 Å². The van der Waals surface area contributed by atoms with Gasteiger partial charge in [0.05, 0.1) is 28.5 Å². The normalized spacial score (nSPS) is 15.6. The Hall–Kier alpha value is -3.16. The van der Waals surface area contributed by atoms with Gasteiger partial charge < -0.3 is 9.64 Å². The molecule has 1 amide bonds. The first-order valence-electron chi connectivity index (χ1n) is 11.7. The van der Waals surface area contributed by atoms with Crippen molar-refractivity contribution in [1.82, 2.24) is 9.47 Å². The topological polar surface area (TPSA) is 63.9 Å². The minimum Gasteiger partial charge on any atom is -0.494 e. The van der Waals surface area contributed by atoms with Crippen LogP contribution in [-0.2, 0) is 4.79 Å². The Morgan fingerprint density at radius 1 is 1.11 bits per heavy atom. The average Bonchev–Trinajstić information content (AvgIpc) is 3.15. The zero-order chi connectivity index (χ0) is 25.1. The van der Waals surface area contributed by atoms with Crippen molar-refractivity contribution in [3.63, 3.8) is 0 Å². The molecule has 1 aromatic heterocycles. The molecule has 6 nitrogen and oxygen atoms in total. The van der Waals surface area contributed by atoms with Crippen LogP contribution in [0.15, 0.2) is 69.6 Å². The lowest BCUT2D eigenvalue weighted by atomic mass is 9.94. The molecule has 8 heteroatoms. The lowest BCUT2D eigenvalue weighted by molar-refractivity contribution is -0.127. The number of hydrogen-bond donors (Lipinski definition) is 0. The summed E-state index contributed by atoms with van der Waals surface area (Å²) >= 11 is 7.47. The highest BCUT2D eigenvalue weighted by Gasteiger charge is 2.34. The number of thiazole rings is 1. The van der Waals surface area contributed by atoms with E-state index >= 15 is 0 Å². The van der Waals surface area contributed by atoms with E-state index in [0.29, 0.717) is 45.3 Å². The van der Waals surface area contributed by atoms with Crippen LogP contribution >= 0.6 is 22.9 Å². The van der Waals surface area contributed by atoms with Gasteiger partial charge in [-0.1, -0.05) is 47.2 Å². The van der Waals surface area contributed by atoms with Crippen molar-refractivity contribution in [3.05, 3.63) is 95.6 Å². The summed E-state index contributed by atoms with van der Waals surface area (Å²) in [4.78, 5) is 34.3. The molecule has 0 saturated heterocycles. The van der Waals surface area contributed by atoms with Crippen molar-refractivity contribution in [2.45, 2.75) is 33.7 Å². The van der Waals surface area contributed by atoms with E-state index in [9.17, 15) is 9.59 Å². The second-order valence-electron chi connectivity index (χ2n) is 8.11. The Bertz CT molecular complexity index is 1430. The van der Waals surface area contributed by atoms with Crippen LogP contribution in [0, 0.1) is 0 Å². The molecule has 1 aliphatic rings. The first kappa shape index (κ1) is 24.9. The quantitative estimate of drug-likeness (QED) is 0.480. The number of halogens is 1. The highest BCUT2D eigenvalue weighted by atomic mass is 35.5. The fourth-order valence-corrected chi connectivity index (χ4v) is 5.39. The third-order valence-corrected chi connectivity index (χ3v) is 7.21. The zero-order valence-electron chi connectivity index (χ0n) is 20.2. The summed E-state index contributed by atoms with van der Waals surface area (Å²) < 4.78 is 7.70. The van der Waals surface area contributed by atoms with Gasteiger partial charge in [-0.3, -0.25) is 14.2 Å². The Balaban J connectivity index is 1.89. The molecule has 2 heterocycles. The highest BCUT2D eigenvalue weighted by molar-refractivity contribution is 7.07. The van der Waals surface area contributed by atoms with Gasteiger partial charge in [0.2, 0.25) is 0 Å². The van der Waals surface area contributed by atoms with Gasteiger partial charge in [0.15, 0.2) is 4.80 Å². The van der Waals surface area contributed by atoms with Gasteiger partial charge in [-0.25, -0.2) is 4.99 Å². The van der Waals surface area contributed by atoms with Crippen molar-refractivity contribution in [2.24, 2.45) is 4.99 Å². The largest absolute Gasteiger partial charge is 0.494 e. The molecule has 4 rings (SSSR count). The number of fused-ring (bicyclic) bond motifs is 1. The molecule has 35 heavy (non-hydrogen) atoms. The van der Waals surface area contributed by atoms with Crippen LogP contribution in [0.5, 0.6) is 5.75 Å². The molecule has 0 fully saturated rings. The molecule has 0 radical (unpaired) electrons. The van der Waals surface area contributed by atoms with Gasteiger partial charge >= 0.3 is 0 Å². The van der Waals surface area contributed by atoms with E-state index in [-0.39, 0.29) is 11.5 Å². The van der Waals surface area contributed by atoms with Gasteiger partial charge in [-0.05, 0) is 69.2 Å². The van der Waals surface area contributed by atoms with E-state index in [0.717, 1.165) is 16.9 Å². The summed E-state index contributed by atoms with van der Waals surface area (Å²) in [6, 6.07) is 14.3. The Morgan fingerprint density at radius 2 is 1.77 bits per heavy atom. The minimum absolute atomic E-state index is 0.114. The monoisotopic (exact) mass is 509 g/mol. The number of likely N-dealkylation sites (N-methyl/N-ethyl adjacent to an activating group) is 1. The van der Waals surface area contributed by atoms with Crippen LogP contribution in [0.25, 0.3) is 6.08 Å². The Kier molecular flexibility index (Phi) is 7.57. The van der Waals surface area contributed by atoms with Gasteiger partial charge in [-0.2, -0.15) is 0 Å². The molecule has 1 atom stereocenters. The third kappa shape index (κ3) is 4.97. The van der Waals surface area contributed by atoms with Crippen molar-refractivity contribution >= 4 is 34.9 Å². The van der Waals surface area contributed by atoms with Crippen molar-refractivity contribution < 1.29 is 9.53 Å². The van der Waals surface area contributed by atoms with Crippen LogP contribution in [0.1, 0.15) is 44.9 Å². The molecule has 0 unspecified atom stereocenters. The average molecular weight is 510 g/mol. The number of hydrogen-bond acceptors (Lipinski definition) is 5. The second kappa shape index (κ2) is 10.6. The summed E-state index contributed by atoms with van der Waals surface area (Å²) in [5.74, 6) is 0.668. The number of carbonyl (C=O) groups excluding carboxylic acids is 1. The summed E-state index contributed by atoms with van der Waals surface area (Å²) in [5, 5.41) is 0.592. The fraction of sp³-hybridized carbons (Fsp3) is 0.296. The fourth-order valence-electron chi connectivity index (χ4n) is 4.22. The maximum Gasteiger partial charge on any atom is 0.271 e. The maximum absolute atomic E-state index is 13.7. The van der Waals surface area contributed by atoms with Crippen molar-refractivity contribution in [1.29, 1.82) is 0 Å². The summed E-state index contributed by atoms with van der Waals surface area (Å²) in [5.41, 5.74) is 2.65. The molecule has 0 aliphatic carbocycles. The van der Waals surface area contributed by atoms with Gasteiger partial charge in [0.25, 0.3) is 11.5 Å². The highest BCUT2D eigenvalue weighted by Crippen LogP contribution is 2.31. The minimum atomic E-state index is -0.584. The van der Waals surface area contributed by atoms with Crippen LogP contribution in [0.3, 0.4) is 0 Å².